The highest BCUT2D eigenvalue weighted by molar-refractivity contribution is 5.70. The molecule has 0 aliphatic heterocycles. The van der Waals surface area contributed by atoms with E-state index in [0.717, 1.165) is 11.1 Å². The molecule has 2 N–H and O–H groups in total. The first kappa shape index (κ1) is 12.7. The number of carboxylic acids is 1. The second-order valence-electron chi connectivity index (χ2n) is 4.46. The van der Waals surface area contributed by atoms with Gasteiger partial charge >= 0.3 is 5.97 Å². The van der Waals surface area contributed by atoms with Gasteiger partial charge in [-0.05, 0) is 23.5 Å². The number of aliphatic hydroxyl groups excluding tert-OH is 1. The highest BCUT2D eigenvalue weighted by Gasteiger charge is 2.10. The lowest BCUT2D eigenvalue weighted by atomic mass is 9.97. The van der Waals surface area contributed by atoms with Crippen molar-refractivity contribution >= 4 is 5.97 Å². The van der Waals surface area contributed by atoms with Crippen LogP contribution in [0.15, 0.2) is 24.3 Å². The molecule has 16 heavy (non-hydrogen) atoms. The van der Waals surface area contributed by atoms with Crippen molar-refractivity contribution in [1.82, 2.24) is 0 Å². The van der Waals surface area contributed by atoms with Crippen LogP contribution in [0.1, 0.15) is 37.5 Å². The molecule has 0 radical (unpaired) electrons. The molecule has 0 fully saturated rings. The van der Waals surface area contributed by atoms with Crippen molar-refractivity contribution in [3.05, 3.63) is 35.4 Å². The summed E-state index contributed by atoms with van der Waals surface area (Å²) in [6.45, 7) is 4.09. The first-order chi connectivity index (χ1) is 7.49. The van der Waals surface area contributed by atoms with Gasteiger partial charge in [0.05, 0.1) is 12.5 Å². The van der Waals surface area contributed by atoms with E-state index in [4.69, 9.17) is 5.11 Å². The van der Waals surface area contributed by atoms with Gasteiger partial charge in [-0.25, -0.2) is 0 Å². The third-order valence-electron chi connectivity index (χ3n) is 2.39. The monoisotopic (exact) mass is 222 g/mol. The summed E-state index contributed by atoms with van der Waals surface area (Å²) >= 11 is 0. The smallest absolute Gasteiger partial charge is 0.307 e. The van der Waals surface area contributed by atoms with Crippen molar-refractivity contribution < 1.29 is 15.0 Å². The van der Waals surface area contributed by atoms with Gasteiger partial charge < -0.3 is 10.2 Å². The Morgan fingerprint density at radius 3 is 2.62 bits per heavy atom. The largest absolute Gasteiger partial charge is 0.481 e. The van der Waals surface area contributed by atoms with Crippen LogP contribution in [0.3, 0.4) is 0 Å². The third kappa shape index (κ3) is 4.03. The van der Waals surface area contributed by atoms with Gasteiger partial charge in [-0.3, -0.25) is 4.79 Å². The van der Waals surface area contributed by atoms with Crippen molar-refractivity contribution in [3.8, 4) is 0 Å². The van der Waals surface area contributed by atoms with E-state index in [1.54, 1.807) is 18.2 Å². The van der Waals surface area contributed by atoms with Gasteiger partial charge in [0.15, 0.2) is 0 Å². The average molecular weight is 222 g/mol. The predicted octanol–water partition coefficient (Wildman–Crippen LogP) is 2.39. The molecule has 0 spiro atoms. The normalized spacial score (nSPS) is 12.8. The maximum atomic E-state index is 10.6. The number of hydrogen-bond donors (Lipinski definition) is 2. The zero-order valence-corrected chi connectivity index (χ0v) is 9.68. The van der Waals surface area contributed by atoms with Crippen molar-refractivity contribution in [2.24, 2.45) is 5.92 Å². The van der Waals surface area contributed by atoms with Crippen molar-refractivity contribution in [2.45, 2.75) is 32.8 Å². The molecule has 3 heteroatoms. The van der Waals surface area contributed by atoms with Crippen LogP contribution in [0.2, 0.25) is 0 Å². The predicted molar refractivity (Wildman–Crippen MR) is 62.2 cm³/mol. The van der Waals surface area contributed by atoms with Crippen LogP contribution < -0.4 is 0 Å². The fourth-order valence-electron chi connectivity index (χ4n) is 1.67. The van der Waals surface area contributed by atoms with E-state index in [0.29, 0.717) is 12.3 Å². The molecule has 3 nitrogen and oxygen atoms in total. The summed E-state index contributed by atoms with van der Waals surface area (Å²) < 4.78 is 0. The molecule has 88 valence electrons. The van der Waals surface area contributed by atoms with E-state index < -0.39 is 12.1 Å². The van der Waals surface area contributed by atoms with E-state index in [2.05, 4.69) is 0 Å². The molecule has 0 aliphatic carbocycles. The van der Waals surface area contributed by atoms with Crippen molar-refractivity contribution in [3.63, 3.8) is 0 Å². The fourth-order valence-corrected chi connectivity index (χ4v) is 1.67. The van der Waals surface area contributed by atoms with Gasteiger partial charge in [0.25, 0.3) is 0 Å². The van der Waals surface area contributed by atoms with Gasteiger partial charge in [0.1, 0.15) is 0 Å². The lowest BCUT2D eigenvalue weighted by Gasteiger charge is -2.14. The third-order valence-corrected chi connectivity index (χ3v) is 2.39. The first-order valence-corrected chi connectivity index (χ1v) is 5.47. The van der Waals surface area contributed by atoms with Gasteiger partial charge in [0, 0.05) is 0 Å². The van der Waals surface area contributed by atoms with Crippen LogP contribution in [0, 0.1) is 5.92 Å². The Labute approximate surface area is 95.7 Å². The molecule has 1 aromatic carbocycles. The maximum Gasteiger partial charge on any atom is 0.307 e. The average Bonchev–Trinajstić information content (AvgIpc) is 2.16. The Morgan fingerprint density at radius 2 is 2.06 bits per heavy atom. The molecule has 1 aromatic rings. The topological polar surface area (TPSA) is 57.5 Å². The van der Waals surface area contributed by atoms with Crippen LogP contribution >= 0.6 is 0 Å². The second-order valence-corrected chi connectivity index (χ2v) is 4.46. The van der Waals surface area contributed by atoms with Crippen LogP contribution in [0.4, 0.5) is 0 Å². The summed E-state index contributed by atoms with van der Waals surface area (Å²) in [6, 6.07) is 7.15. The van der Waals surface area contributed by atoms with Gasteiger partial charge in [-0.15, -0.1) is 0 Å². The Kier molecular flexibility index (Phi) is 4.50. The quantitative estimate of drug-likeness (QED) is 0.804. The van der Waals surface area contributed by atoms with E-state index >= 15 is 0 Å². The Hall–Kier alpha value is -1.35. The zero-order valence-electron chi connectivity index (χ0n) is 9.68. The molecular weight excluding hydrogens is 204 g/mol. The highest BCUT2D eigenvalue weighted by Crippen LogP contribution is 2.21. The van der Waals surface area contributed by atoms with Gasteiger partial charge in [0.2, 0.25) is 0 Å². The Balaban J connectivity index is 2.77. The summed E-state index contributed by atoms with van der Waals surface area (Å²) in [5.74, 6) is -0.436. The van der Waals surface area contributed by atoms with E-state index in [1.165, 1.54) is 0 Å². The summed E-state index contributed by atoms with van der Waals surface area (Å²) in [6.07, 6.45) is 0.187. The molecule has 0 aliphatic rings. The number of rotatable bonds is 5. The minimum atomic E-state index is -0.851. The maximum absolute atomic E-state index is 10.6. The number of carboxylic acid groups (broad SMARTS) is 1. The second kappa shape index (κ2) is 5.66. The summed E-state index contributed by atoms with van der Waals surface area (Å²) in [5, 5.41) is 18.6. The van der Waals surface area contributed by atoms with Crippen LogP contribution in [0.25, 0.3) is 0 Å². The Bertz CT molecular complexity index is 358. The van der Waals surface area contributed by atoms with Crippen LogP contribution in [-0.2, 0) is 11.2 Å². The molecule has 0 saturated carbocycles. The molecule has 0 saturated heterocycles. The van der Waals surface area contributed by atoms with E-state index in [9.17, 15) is 9.90 Å². The number of carbonyl (C=O) groups is 1. The SMILES string of the molecule is CC(C)CC(O)c1cccc(CC(=O)O)c1. The molecule has 0 bridgehead atoms. The number of hydrogen-bond acceptors (Lipinski definition) is 2. The molecule has 0 aromatic heterocycles. The summed E-state index contributed by atoms with van der Waals surface area (Å²) in [4.78, 5) is 10.6. The lowest BCUT2D eigenvalue weighted by molar-refractivity contribution is -0.136. The number of aliphatic carboxylic acids is 1. The molecule has 0 amide bonds. The molecule has 1 atom stereocenters. The molecule has 0 heterocycles. The summed E-state index contributed by atoms with van der Waals surface area (Å²) in [7, 11) is 0. The Morgan fingerprint density at radius 1 is 1.38 bits per heavy atom. The standard InChI is InChI=1S/C13H18O3/c1-9(2)6-12(14)11-5-3-4-10(7-11)8-13(15)16/h3-5,7,9,12,14H,6,8H2,1-2H3,(H,15,16). The first-order valence-electron chi connectivity index (χ1n) is 5.47. The highest BCUT2D eigenvalue weighted by atomic mass is 16.4. The number of aliphatic hydroxyl groups is 1. The molecule has 1 rings (SSSR count). The molecular formula is C13H18O3. The lowest BCUT2D eigenvalue weighted by Crippen LogP contribution is -2.04. The van der Waals surface area contributed by atoms with Crippen molar-refractivity contribution in [2.75, 3.05) is 0 Å². The van der Waals surface area contributed by atoms with Crippen LogP contribution in [-0.4, -0.2) is 16.2 Å². The van der Waals surface area contributed by atoms with Crippen molar-refractivity contribution in [1.29, 1.82) is 0 Å². The fraction of sp³-hybridized carbons (Fsp3) is 0.462. The van der Waals surface area contributed by atoms with Gasteiger partial charge in [-0.1, -0.05) is 38.1 Å². The minimum Gasteiger partial charge on any atom is -0.481 e. The number of benzene rings is 1. The summed E-state index contributed by atoms with van der Waals surface area (Å²) in [5.41, 5.74) is 1.53. The zero-order chi connectivity index (χ0) is 12.1. The van der Waals surface area contributed by atoms with E-state index in [-0.39, 0.29) is 6.42 Å². The van der Waals surface area contributed by atoms with Gasteiger partial charge in [-0.2, -0.15) is 0 Å². The van der Waals surface area contributed by atoms with E-state index in [1.807, 2.05) is 19.9 Å². The molecule has 1 unspecified atom stereocenters. The van der Waals surface area contributed by atoms with Crippen LogP contribution in [0.5, 0.6) is 0 Å². The minimum absolute atomic E-state index is 0.00222.